The molecule has 0 heterocycles. The van der Waals surface area contributed by atoms with Crippen LogP contribution in [-0.2, 0) is 10.4 Å². The number of rotatable bonds is 11. The molecule has 4 nitrogen and oxygen atoms in total. The molecule has 0 saturated carbocycles. The van der Waals surface area contributed by atoms with Crippen molar-refractivity contribution in [1.82, 2.24) is 0 Å². The number of allylic oxidation sites excluding steroid dienone is 1. The molecule has 116 valence electrons. The fraction of sp³-hybridized carbons (Fsp3) is 0.857. The van der Waals surface area contributed by atoms with Gasteiger partial charge in [0.1, 0.15) is 0 Å². The summed E-state index contributed by atoms with van der Waals surface area (Å²) in [7, 11) is -5.17. The molecule has 0 radical (unpaired) electrons. The second-order valence-corrected chi connectivity index (χ2v) is 5.48. The van der Waals surface area contributed by atoms with Gasteiger partial charge in [-0.1, -0.05) is 70.8 Å². The molecule has 0 atom stereocenters. The van der Waals surface area contributed by atoms with Crippen molar-refractivity contribution >= 4 is 10.4 Å². The predicted molar refractivity (Wildman–Crippen MR) is 77.1 cm³/mol. The van der Waals surface area contributed by atoms with Crippen molar-refractivity contribution in [3.05, 3.63) is 12.7 Å². The number of hydrogen-bond donors (Lipinski definition) is 0. The fourth-order valence-electron chi connectivity index (χ4n) is 1.78. The maximum atomic E-state index is 8.52. The summed E-state index contributed by atoms with van der Waals surface area (Å²) in [6.07, 6.45) is 17.5. The van der Waals surface area contributed by atoms with E-state index in [2.05, 4.69) is 13.5 Å². The van der Waals surface area contributed by atoms with Gasteiger partial charge >= 0.3 is 59.1 Å². The van der Waals surface area contributed by atoms with E-state index in [1.165, 1.54) is 70.6 Å². The first-order valence-corrected chi connectivity index (χ1v) is 8.52. The second-order valence-electron chi connectivity index (χ2n) is 4.67. The second kappa shape index (κ2) is 23.9. The van der Waals surface area contributed by atoms with Crippen LogP contribution in [0.25, 0.3) is 0 Å². The van der Waals surface area contributed by atoms with Crippen LogP contribution in [0.4, 0.5) is 0 Å². The molecule has 21 heavy (non-hydrogen) atoms. The fourth-order valence-corrected chi connectivity index (χ4v) is 1.78. The van der Waals surface area contributed by atoms with Crippen molar-refractivity contribution in [3.8, 4) is 0 Å². The average molecular weight is 338 g/mol. The van der Waals surface area contributed by atoms with Crippen molar-refractivity contribution in [3.63, 3.8) is 0 Å². The van der Waals surface area contributed by atoms with E-state index in [9.17, 15) is 0 Å². The maximum absolute atomic E-state index is 8.52. The van der Waals surface area contributed by atoms with Crippen LogP contribution in [-0.4, -0.2) is 17.5 Å². The Hall–Kier alpha value is 1.61. The van der Waals surface area contributed by atoms with Gasteiger partial charge < -0.3 is 9.11 Å². The van der Waals surface area contributed by atoms with Crippen molar-refractivity contribution in [2.45, 2.75) is 77.6 Å². The molecule has 0 N–H and O–H groups in total. The molecular weight excluding hydrogens is 310 g/mol. The molecule has 0 fully saturated rings. The third-order valence-electron chi connectivity index (χ3n) is 2.76. The zero-order chi connectivity index (χ0) is 15.0. The topological polar surface area (TPSA) is 80.3 Å². The molecule has 0 rings (SSSR count). The first-order valence-electron chi connectivity index (χ1n) is 7.19. The zero-order valence-electron chi connectivity index (χ0n) is 14.1. The standard InChI is InChI=1S/C14H28.2Na.H2O4S/c1-3-5-7-9-11-13-14-12-10-8-6-4-2;;;1-5(2,3)4/h3H,1,4-14H2,2H3;;;(H2,1,2,3,4)/q;2*+1;/p-2. The monoisotopic (exact) mass is 338 g/mol. The Kier molecular flexibility index (Phi) is 34.7. The molecule has 0 aliphatic heterocycles. The number of unbranched alkanes of at least 4 members (excludes halogenated alkanes) is 10. The van der Waals surface area contributed by atoms with Crippen LogP contribution in [0.5, 0.6) is 0 Å². The van der Waals surface area contributed by atoms with Gasteiger partial charge in [0.15, 0.2) is 0 Å². The Morgan fingerprint density at radius 3 is 1.38 bits per heavy atom. The Bertz CT molecular complexity index is 275. The van der Waals surface area contributed by atoms with Gasteiger partial charge in [-0.3, -0.25) is 8.42 Å². The summed E-state index contributed by atoms with van der Waals surface area (Å²) >= 11 is 0. The van der Waals surface area contributed by atoms with Crippen LogP contribution in [0, 0.1) is 0 Å². The van der Waals surface area contributed by atoms with Gasteiger partial charge in [-0.25, -0.2) is 0 Å². The van der Waals surface area contributed by atoms with E-state index in [0.29, 0.717) is 0 Å². The van der Waals surface area contributed by atoms with Gasteiger partial charge in [0, 0.05) is 10.4 Å². The molecule has 0 amide bonds. The van der Waals surface area contributed by atoms with Gasteiger partial charge in [0.25, 0.3) is 0 Å². The van der Waals surface area contributed by atoms with Crippen molar-refractivity contribution in [2.75, 3.05) is 0 Å². The Morgan fingerprint density at radius 2 is 1.10 bits per heavy atom. The summed E-state index contributed by atoms with van der Waals surface area (Å²) in [5.74, 6) is 0. The average Bonchev–Trinajstić information content (AvgIpc) is 2.29. The van der Waals surface area contributed by atoms with Gasteiger partial charge in [-0.2, -0.15) is 0 Å². The quantitative estimate of drug-likeness (QED) is 0.146. The molecule has 0 unspecified atom stereocenters. The normalized spacial score (nSPS) is 9.67. The molecule has 0 aromatic carbocycles. The molecule has 0 aliphatic rings. The van der Waals surface area contributed by atoms with Crippen molar-refractivity contribution in [2.24, 2.45) is 0 Å². The van der Waals surface area contributed by atoms with E-state index < -0.39 is 10.4 Å². The van der Waals surface area contributed by atoms with Crippen LogP contribution < -0.4 is 59.1 Å². The van der Waals surface area contributed by atoms with Crippen LogP contribution in [0.3, 0.4) is 0 Å². The smallest absolute Gasteiger partial charge is 0.759 e. The molecular formula is C14H28Na2O4S. The maximum Gasteiger partial charge on any atom is 1.00 e. The van der Waals surface area contributed by atoms with E-state index in [4.69, 9.17) is 17.5 Å². The summed E-state index contributed by atoms with van der Waals surface area (Å²) in [4.78, 5) is 0. The minimum Gasteiger partial charge on any atom is -0.759 e. The molecule has 0 bridgehead atoms. The summed E-state index contributed by atoms with van der Waals surface area (Å²) in [5.41, 5.74) is 0. The number of hydrogen-bond acceptors (Lipinski definition) is 4. The molecule has 0 aliphatic carbocycles. The van der Waals surface area contributed by atoms with E-state index in [-0.39, 0.29) is 59.1 Å². The van der Waals surface area contributed by atoms with E-state index in [0.717, 1.165) is 0 Å². The molecule has 7 heteroatoms. The Labute approximate surface area is 175 Å². The zero-order valence-corrected chi connectivity index (χ0v) is 18.9. The molecule has 0 aromatic heterocycles. The summed E-state index contributed by atoms with van der Waals surface area (Å²) < 4.78 is 34.1. The van der Waals surface area contributed by atoms with Crippen molar-refractivity contribution < 1.29 is 76.6 Å². The molecule has 0 spiro atoms. The van der Waals surface area contributed by atoms with Crippen LogP contribution in [0.1, 0.15) is 77.6 Å². The van der Waals surface area contributed by atoms with Crippen LogP contribution in [0.15, 0.2) is 12.7 Å². The largest absolute Gasteiger partial charge is 1.00 e. The third kappa shape index (κ3) is 52.3. The van der Waals surface area contributed by atoms with Gasteiger partial charge in [0.05, 0.1) is 0 Å². The van der Waals surface area contributed by atoms with Crippen LogP contribution >= 0.6 is 0 Å². The minimum absolute atomic E-state index is 0. The van der Waals surface area contributed by atoms with E-state index in [1.54, 1.807) is 0 Å². The molecule has 0 aromatic rings. The Morgan fingerprint density at radius 1 is 0.810 bits per heavy atom. The summed E-state index contributed by atoms with van der Waals surface area (Å²) in [6.45, 7) is 6.01. The van der Waals surface area contributed by atoms with Gasteiger partial charge in [-0.05, 0) is 12.8 Å². The van der Waals surface area contributed by atoms with E-state index >= 15 is 0 Å². The first kappa shape index (κ1) is 30.5. The Balaban J connectivity index is -0.000000179. The SMILES string of the molecule is C=CCCCCCCCCCCCC.O=S(=O)([O-])[O-].[Na+].[Na+]. The first-order chi connectivity index (χ1) is 8.91. The minimum atomic E-state index is -5.17. The van der Waals surface area contributed by atoms with E-state index in [1.807, 2.05) is 6.08 Å². The third-order valence-corrected chi connectivity index (χ3v) is 2.76. The summed E-state index contributed by atoms with van der Waals surface area (Å²) in [6, 6.07) is 0. The predicted octanol–water partition coefficient (Wildman–Crippen LogP) is -1.85. The molecule has 0 saturated heterocycles. The van der Waals surface area contributed by atoms with Gasteiger partial charge in [-0.15, -0.1) is 6.58 Å². The van der Waals surface area contributed by atoms with Crippen LogP contribution in [0.2, 0.25) is 0 Å². The summed E-state index contributed by atoms with van der Waals surface area (Å²) in [5, 5.41) is 0. The van der Waals surface area contributed by atoms with Crippen molar-refractivity contribution in [1.29, 1.82) is 0 Å². The van der Waals surface area contributed by atoms with Gasteiger partial charge in [0.2, 0.25) is 0 Å².